The van der Waals surface area contributed by atoms with Gasteiger partial charge in [-0.3, -0.25) is 4.79 Å². The fourth-order valence-corrected chi connectivity index (χ4v) is 1.78. The molecule has 4 heteroatoms. The molecule has 0 spiro atoms. The number of benzene rings is 1. The standard InChI is InChI=1S/C18H25NO3/c1-12(2)11-22-17(21)13(3)19-16(20)14-7-9-15(10-8-14)18(4,5)6/h7-10,13H,1,11H2,2-6H3,(H,19,20). The van der Waals surface area contributed by atoms with Crippen LogP contribution in [-0.2, 0) is 14.9 Å². The SMILES string of the molecule is C=C(C)COC(=O)C(C)NC(=O)c1ccc(C(C)(C)C)cc1. The normalized spacial score (nSPS) is 12.4. The van der Waals surface area contributed by atoms with E-state index in [1.807, 2.05) is 12.1 Å². The third kappa shape index (κ3) is 5.35. The van der Waals surface area contributed by atoms with Crippen molar-refractivity contribution in [2.45, 2.75) is 46.1 Å². The van der Waals surface area contributed by atoms with Crippen molar-refractivity contribution in [2.75, 3.05) is 6.61 Å². The number of ether oxygens (including phenoxy) is 1. The molecule has 0 saturated carbocycles. The number of hydrogen-bond donors (Lipinski definition) is 1. The zero-order valence-electron chi connectivity index (χ0n) is 14.0. The highest BCUT2D eigenvalue weighted by Gasteiger charge is 2.19. The summed E-state index contributed by atoms with van der Waals surface area (Å²) < 4.78 is 5.01. The molecule has 1 N–H and O–H groups in total. The zero-order chi connectivity index (χ0) is 16.9. The second kappa shape index (κ2) is 7.25. The predicted octanol–water partition coefficient (Wildman–Crippen LogP) is 3.22. The topological polar surface area (TPSA) is 55.4 Å². The molecule has 1 aromatic rings. The fraction of sp³-hybridized carbons (Fsp3) is 0.444. The van der Waals surface area contributed by atoms with Gasteiger partial charge in [0.05, 0.1) is 0 Å². The molecule has 0 aliphatic heterocycles. The molecular weight excluding hydrogens is 278 g/mol. The molecule has 0 aliphatic carbocycles. The van der Waals surface area contributed by atoms with Crippen LogP contribution in [0.1, 0.15) is 50.5 Å². The van der Waals surface area contributed by atoms with Crippen LogP contribution in [0.2, 0.25) is 0 Å². The molecule has 0 aliphatic rings. The molecule has 120 valence electrons. The Labute approximate surface area is 132 Å². The molecule has 0 saturated heterocycles. The van der Waals surface area contributed by atoms with E-state index in [4.69, 9.17) is 4.74 Å². The molecule has 1 rings (SSSR count). The molecule has 1 atom stereocenters. The lowest BCUT2D eigenvalue weighted by Gasteiger charge is -2.19. The maximum atomic E-state index is 12.1. The first-order valence-electron chi connectivity index (χ1n) is 7.33. The molecular formula is C18H25NO3. The van der Waals surface area contributed by atoms with Crippen LogP contribution in [0.15, 0.2) is 36.4 Å². The molecule has 1 aromatic carbocycles. The van der Waals surface area contributed by atoms with Gasteiger partial charge >= 0.3 is 5.97 Å². The van der Waals surface area contributed by atoms with E-state index in [2.05, 4.69) is 32.7 Å². The van der Waals surface area contributed by atoms with Crippen LogP contribution < -0.4 is 5.32 Å². The number of amides is 1. The molecule has 0 fully saturated rings. The van der Waals surface area contributed by atoms with E-state index in [-0.39, 0.29) is 17.9 Å². The smallest absolute Gasteiger partial charge is 0.328 e. The molecule has 1 unspecified atom stereocenters. The van der Waals surface area contributed by atoms with Gasteiger partial charge < -0.3 is 10.1 Å². The monoisotopic (exact) mass is 303 g/mol. The third-order valence-electron chi connectivity index (χ3n) is 3.18. The minimum atomic E-state index is -0.700. The molecule has 0 bridgehead atoms. The fourth-order valence-electron chi connectivity index (χ4n) is 1.78. The Morgan fingerprint density at radius 1 is 1.23 bits per heavy atom. The van der Waals surface area contributed by atoms with Crippen molar-refractivity contribution < 1.29 is 14.3 Å². The number of carbonyl (C=O) groups is 2. The lowest BCUT2D eigenvalue weighted by atomic mass is 9.86. The van der Waals surface area contributed by atoms with E-state index in [0.717, 1.165) is 11.1 Å². The highest BCUT2D eigenvalue weighted by atomic mass is 16.5. The van der Waals surface area contributed by atoms with Crippen molar-refractivity contribution in [3.8, 4) is 0 Å². The second-order valence-corrected chi connectivity index (χ2v) is 6.59. The predicted molar refractivity (Wildman–Crippen MR) is 87.8 cm³/mol. The van der Waals surface area contributed by atoms with Gasteiger partial charge in [0.15, 0.2) is 0 Å². The van der Waals surface area contributed by atoms with Crippen molar-refractivity contribution in [3.63, 3.8) is 0 Å². The summed E-state index contributed by atoms with van der Waals surface area (Å²) in [5.41, 5.74) is 2.46. The van der Waals surface area contributed by atoms with Crippen molar-refractivity contribution >= 4 is 11.9 Å². The maximum Gasteiger partial charge on any atom is 0.328 e. The van der Waals surface area contributed by atoms with Gasteiger partial charge in [0.25, 0.3) is 5.91 Å². The van der Waals surface area contributed by atoms with Crippen LogP contribution in [0.4, 0.5) is 0 Å². The van der Waals surface area contributed by atoms with Gasteiger partial charge in [0.1, 0.15) is 12.6 Å². The summed E-state index contributed by atoms with van der Waals surface area (Å²) in [7, 11) is 0. The second-order valence-electron chi connectivity index (χ2n) is 6.59. The first-order chi connectivity index (χ1) is 10.1. The summed E-state index contributed by atoms with van der Waals surface area (Å²) in [4.78, 5) is 23.8. The Morgan fingerprint density at radius 2 is 1.77 bits per heavy atom. The van der Waals surface area contributed by atoms with Crippen LogP contribution >= 0.6 is 0 Å². The largest absolute Gasteiger partial charge is 0.460 e. The van der Waals surface area contributed by atoms with Gasteiger partial charge in [0.2, 0.25) is 0 Å². The average molecular weight is 303 g/mol. The summed E-state index contributed by atoms with van der Waals surface area (Å²) in [6.45, 7) is 13.5. The van der Waals surface area contributed by atoms with E-state index in [9.17, 15) is 9.59 Å². The van der Waals surface area contributed by atoms with E-state index < -0.39 is 12.0 Å². The van der Waals surface area contributed by atoms with Gasteiger partial charge in [-0.05, 0) is 42.5 Å². The van der Waals surface area contributed by atoms with Crippen molar-refractivity contribution in [1.29, 1.82) is 0 Å². The van der Waals surface area contributed by atoms with Gasteiger partial charge in [0, 0.05) is 5.56 Å². The molecule has 22 heavy (non-hydrogen) atoms. The number of rotatable bonds is 5. The summed E-state index contributed by atoms with van der Waals surface area (Å²) in [5, 5.41) is 2.63. The first kappa shape index (κ1) is 18.0. The number of carbonyl (C=O) groups excluding carboxylic acids is 2. The third-order valence-corrected chi connectivity index (χ3v) is 3.18. The minimum Gasteiger partial charge on any atom is -0.460 e. The van der Waals surface area contributed by atoms with E-state index >= 15 is 0 Å². The highest BCUT2D eigenvalue weighted by Crippen LogP contribution is 2.22. The lowest BCUT2D eigenvalue weighted by molar-refractivity contribution is -0.144. The number of nitrogens with one attached hydrogen (secondary N) is 1. The average Bonchev–Trinajstić information content (AvgIpc) is 2.43. The van der Waals surface area contributed by atoms with Crippen LogP contribution in [0.25, 0.3) is 0 Å². The summed E-state index contributed by atoms with van der Waals surface area (Å²) in [6, 6.07) is 6.69. The molecule has 0 radical (unpaired) electrons. The summed E-state index contributed by atoms with van der Waals surface area (Å²) in [6.07, 6.45) is 0. The molecule has 4 nitrogen and oxygen atoms in total. The highest BCUT2D eigenvalue weighted by molar-refractivity contribution is 5.96. The van der Waals surface area contributed by atoms with Crippen molar-refractivity contribution in [1.82, 2.24) is 5.32 Å². The van der Waals surface area contributed by atoms with E-state index in [1.165, 1.54) is 0 Å². The number of hydrogen-bond acceptors (Lipinski definition) is 3. The minimum absolute atomic E-state index is 0.0364. The van der Waals surface area contributed by atoms with Gasteiger partial charge in [-0.1, -0.05) is 39.5 Å². The van der Waals surface area contributed by atoms with E-state index in [0.29, 0.717) is 5.56 Å². The van der Waals surface area contributed by atoms with E-state index in [1.54, 1.807) is 26.0 Å². The Kier molecular flexibility index (Phi) is 5.92. The zero-order valence-corrected chi connectivity index (χ0v) is 14.0. The summed E-state index contributed by atoms with van der Waals surface area (Å²) in [5.74, 6) is -0.761. The Hall–Kier alpha value is -2.10. The Balaban J connectivity index is 2.65. The Bertz CT molecular complexity index is 553. The maximum absolute atomic E-state index is 12.1. The van der Waals surface area contributed by atoms with Crippen LogP contribution in [0, 0.1) is 0 Å². The van der Waals surface area contributed by atoms with Crippen molar-refractivity contribution in [3.05, 3.63) is 47.5 Å². The number of esters is 1. The molecule has 1 amide bonds. The van der Waals surface area contributed by atoms with Crippen LogP contribution in [0.5, 0.6) is 0 Å². The van der Waals surface area contributed by atoms with Gasteiger partial charge in [-0.2, -0.15) is 0 Å². The molecule has 0 heterocycles. The van der Waals surface area contributed by atoms with Crippen molar-refractivity contribution in [2.24, 2.45) is 0 Å². The first-order valence-corrected chi connectivity index (χ1v) is 7.33. The van der Waals surface area contributed by atoms with Crippen LogP contribution in [-0.4, -0.2) is 24.5 Å². The summed E-state index contributed by atoms with van der Waals surface area (Å²) >= 11 is 0. The van der Waals surface area contributed by atoms with Gasteiger partial charge in [-0.15, -0.1) is 0 Å². The quantitative estimate of drug-likeness (QED) is 0.671. The molecule has 0 aromatic heterocycles. The lowest BCUT2D eigenvalue weighted by Crippen LogP contribution is -2.39. The van der Waals surface area contributed by atoms with Crippen LogP contribution in [0.3, 0.4) is 0 Å². The Morgan fingerprint density at radius 3 is 2.23 bits per heavy atom. The van der Waals surface area contributed by atoms with Gasteiger partial charge in [-0.25, -0.2) is 4.79 Å².